The minimum absolute atomic E-state index is 0.157. The Bertz CT molecular complexity index is 637. The van der Waals surface area contributed by atoms with E-state index < -0.39 is 0 Å². The van der Waals surface area contributed by atoms with E-state index in [1.54, 1.807) is 0 Å². The van der Waals surface area contributed by atoms with Crippen LogP contribution < -0.4 is 5.32 Å². The topological polar surface area (TPSA) is 38.3 Å². The molecule has 0 amide bonds. The summed E-state index contributed by atoms with van der Waals surface area (Å²) in [5.41, 5.74) is 4.92. The highest BCUT2D eigenvalue weighted by molar-refractivity contribution is 5.77. The fourth-order valence-electron chi connectivity index (χ4n) is 2.73. The standard InChI is InChI=1S/C18H19NO2/c1-2-21-18(20)17-11-15-9-8-14(10-16(15)12-19-17)13-6-4-3-5-7-13/h3-10,17,19H,2,11-12H2,1H3/t17-/m0/s1. The second-order valence-corrected chi connectivity index (χ2v) is 5.24. The lowest BCUT2D eigenvalue weighted by Crippen LogP contribution is -2.42. The first-order valence-electron chi connectivity index (χ1n) is 7.35. The Balaban J connectivity index is 1.81. The van der Waals surface area contributed by atoms with Crippen LogP contribution in [0.15, 0.2) is 48.5 Å². The summed E-state index contributed by atoms with van der Waals surface area (Å²) in [5.74, 6) is -0.157. The monoisotopic (exact) mass is 281 g/mol. The smallest absolute Gasteiger partial charge is 0.323 e. The molecule has 3 nitrogen and oxygen atoms in total. The number of fused-ring (bicyclic) bond motifs is 1. The van der Waals surface area contributed by atoms with Crippen molar-refractivity contribution >= 4 is 5.97 Å². The van der Waals surface area contributed by atoms with Crippen LogP contribution in [0.4, 0.5) is 0 Å². The molecule has 0 unspecified atom stereocenters. The van der Waals surface area contributed by atoms with Crippen LogP contribution in [-0.2, 0) is 22.5 Å². The van der Waals surface area contributed by atoms with Gasteiger partial charge in [0.1, 0.15) is 6.04 Å². The van der Waals surface area contributed by atoms with Crippen molar-refractivity contribution in [3.8, 4) is 11.1 Å². The van der Waals surface area contributed by atoms with Crippen LogP contribution >= 0.6 is 0 Å². The van der Waals surface area contributed by atoms with E-state index in [4.69, 9.17) is 4.74 Å². The zero-order chi connectivity index (χ0) is 14.7. The summed E-state index contributed by atoms with van der Waals surface area (Å²) in [6.07, 6.45) is 0.698. The Hall–Kier alpha value is -2.13. The molecule has 3 rings (SSSR count). The summed E-state index contributed by atoms with van der Waals surface area (Å²) in [6.45, 7) is 2.97. The van der Waals surface area contributed by atoms with Gasteiger partial charge in [-0.15, -0.1) is 0 Å². The first kappa shape index (κ1) is 13.8. The highest BCUT2D eigenvalue weighted by Gasteiger charge is 2.25. The molecule has 0 saturated heterocycles. The van der Waals surface area contributed by atoms with Crippen molar-refractivity contribution in [2.45, 2.75) is 25.9 Å². The predicted molar refractivity (Wildman–Crippen MR) is 82.8 cm³/mol. The maximum absolute atomic E-state index is 11.8. The quantitative estimate of drug-likeness (QED) is 0.879. The molecule has 0 bridgehead atoms. The number of hydrogen-bond donors (Lipinski definition) is 1. The van der Waals surface area contributed by atoms with Crippen LogP contribution in [0.1, 0.15) is 18.1 Å². The van der Waals surface area contributed by atoms with Crippen LogP contribution in [0.5, 0.6) is 0 Å². The average molecular weight is 281 g/mol. The zero-order valence-electron chi connectivity index (χ0n) is 12.1. The predicted octanol–water partition coefficient (Wildman–Crippen LogP) is 2.93. The van der Waals surface area contributed by atoms with Crippen molar-refractivity contribution in [2.24, 2.45) is 0 Å². The lowest BCUT2D eigenvalue weighted by Gasteiger charge is -2.25. The van der Waals surface area contributed by atoms with E-state index in [1.807, 2.05) is 25.1 Å². The van der Waals surface area contributed by atoms with Gasteiger partial charge in [-0.3, -0.25) is 4.79 Å². The van der Waals surface area contributed by atoms with Crippen molar-refractivity contribution in [3.05, 3.63) is 59.7 Å². The van der Waals surface area contributed by atoms with Gasteiger partial charge in [-0.2, -0.15) is 0 Å². The number of ether oxygens (including phenoxy) is 1. The third-order valence-corrected chi connectivity index (χ3v) is 3.85. The lowest BCUT2D eigenvalue weighted by atomic mass is 9.92. The number of benzene rings is 2. The van der Waals surface area contributed by atoms with E-state index in [2.05, 4.69) is 35.6 Å². The first-order valence-corrected chi connectivity index (χ1v) is 7.35. The molecular weight excluding hydrogens is 262 g/mol. The minimum atomic E-state index is -0.222. The van der Waals surface area contributed by atoms with Crippen molar-refractivity contribution in [1.82, 2.24) is 5.32 Å². The van der Waals surface area contributed by atoms with Crippen LogP contribution in [0.25, 0.3) is 11.1 Å². The van der Waals surface area contributed by atoms with E-state index in [-0.39, 0.29) is 12.0 Å². The third kappa shape index (κ3) is 2.98. The van der Waals surface area contributed by atoms with Gasteiger partial charge in [0.2, 0.25) is 0 Å². The number of rotatable bonds is 3. The van der Waals surface area contributed by atoms with Crippen LogP contribution in [0.2, 0.25) is 0 Å². The Morgan fingerprint density at radius 2 is 1.95 bits per heavy atom. The average Bonchev–Trinajstić information content (AvgIpc) is 2.55. The van der Waals surface area contributed by atoms with Gasteiger partial charge >= 0.3 is 5.97 Å². The minimum Gasteiger partial charge on any atom is -0.465 e. The molecular formula is C18H19NO2. The molecule has 0 radical (unpaired) electrons. The molecule has 1 aliphatic rings. The molecule has 0 aromatic heterocycles. The summed E-state index contributed by atoms with van der Waals surface area (Å²) in [6, 6.07) is 16.6. The van der Waals surface area contributed by atoms with E-state index in [1.165, 1.54) is 22.3 Å². The third-order valence-electron chi connectivity index (χ3n) is 3.85. The van der Waals surface area contributed by atoms with E-state index >= 15 is 0 Å². The molecule has 0 spiro atoms. The summed E-state index contributed by atoms with van der Waals surface area (Å²) < 4.78 is 5.09. The van der Waals surface area contributed by atoms with Gasteiger partial charge in [0.05, 0.1) is 6.61 Å². The first-order chi connectivity index (χ1) is 10.3. The number of nitrogens with one attached hydrogen (secondary N) is 1. The molecule has 3 heteroatoms. The Labute approximate surface area is 124 Å². The van der Waals surface area contributed by atoms with Gasteiger partial charge in [-0.05, 0) is 41.7 Å². The van der Waals surface area contributed by atoms with Gasteiger partial charge in [-0.25, -0.2) is 0 Å². The van der Waals surface area contributed by atoms with Crippen molar-refractivity contribution in [2.75, 3.05) is 6.61 Å². The van der Waals surface area contributed by atoms with Crippen LogP contribution in [0, 0.1) is 0 Å². The van der Waals surface area contributed by atoms with Gasteiger partial charge in [0, 0.05) is 6.54 Å². The fourth-order valence-corrected chi connectivity index (χ4v) is 2.73. The van der Waals surface area contributed by atoms with E-state index in [0.29, 0.717) is 19.6 Å². The van der Waals surface area contributed by atoms with Gasteiger partial charge < -0.3 is 10.1 Å². The number of esters is 1. The highest BCUT2D eigenvalue weighted by Crippen LogP contribution is 2.25. The molecule has 0 saturated carbocycles. The zero-order valence-corrected chi connectivity index (χ0v) is 12.1. The maximum atomic E-state index is 11.8. The molecule has 1 atom stereocenters. The molecule has 108 valence electrons. The summed E-state index contributed by atoms with van der Waals surface area (Å²) in [4.78, 5) is 11.8. The van der Waals surface area contributed by atoms with Gasteiger partial charge in [0.15, 0.2) is 0 Å². The summed E-state index contributed by atoms with van der Waals surface area (Å²) in [7, 11) is 0. The van der Waals surface area contributed by atoms with Gasteiger partial charge in [0.25, 0.3) is 0 Å². The van der Waals surface area contributed by atoms with E-state index in [0.717, 1.165) is 0 Å². The summed E-state index contributed by atoms with van der Waals surface area (Å²) in [5, 5.41) is 3.26. The molecule has 2 aromatic rings. The van der Waals surface area contributed by atoms with Crippen molar-refractivity contribution in [3.63, 3.8) is 0 Å². The fraction of sp³-hybridized carbons (Fsp3) is 0.278. The lowest BCUT2D eigenvalue weighted by molar-refractivity contribution is -0.145. The van der Waals surface area contributed by atoms with Crippen LogP contribution in [-0.4, -0.2) is 18.6 Å². The number of carbonyl (C=O) groups is 1. The van der Waals surface area contributed by atoms with Crippen molar-refractivity contribution < 1.29 is 9.53 Å². The molecule has 0 fully saturated rings. The molecule has 0 aliphatic carbocycles. The normalized spacial score (nSPS) is 17.1. The largest absolute Gasteiger partial charge is 0.465 e. The number of carbonyl (C=O) groups excluding carboxylic acids is 1. The Kier molecular flexibility index (Phi) is 4.02. The highest BCUT2D eigenvalue weighted by atomic mass is 16.5. The molecule has 2 aromatic carbocycles. The molecule has 21 heavy (non-hydrogen) atoms. The number of hydrogen-bond acceptors (Lipinski definition) is 3. The molecule has 1 heterocycles. The second-order valence-electron chi connectivity index (χ2n) is 5.24. The second kappa shape index (κ2) is 6.10. The van der Waals surface area contributed by atoms with Crippen LogP contribution in [0.3, 0.4) is 0 Å². The van der Waals surface area contributed by atoms with Crippen molar-refractivity contribution in [1.29, 1.82) is 0 Å². The maximum Gasteiger partial charge on any atom is 0.323 e. The summed E-state index contributed by atoms with van der Waals surface area (Å²) >= 11 is 0. The Morgan fingerprint density at radius 3 is 2.71 bits per heavy atom. The SMILES string of the molecule is CCOC(=O)[C@@H]1Cc2ccc(-c3ccccc3)cc2CN1. The molecule has 1 aliphatic heterocycles. The Morgan fingerprint density at radius 1 is 1.14 bits per heavy atom. The van der Waals surface area contributed by atoms with E-state index in [9.17, 15) is 4.79 Å². The molecule has 1 N–H and O–H groups in total. The van der Waals surface area contributed by atoms with Gasteiger partial charge in [-0.1, -0.05) is 42.5 Å².